The highest BCUT2D eigenvalue weighted by molar-refractivity contribution is 6.04. The minimum atomic E-state index is -0.719. The van der Waals surface area contributed by atoms with E-state index in [4.69, 9.17) is 14.9 Å². The van der Waals surface area contributed by atoms with Gasteiger partial charge in [0.05, 0.1) is 7.11 Å². The number of hydrogen-bond acceptors (Lipinski definition) is 10. The van der Waals surface area contributed by atoms with Gasteiger partial charge >= 0.3 is 30.3 Å². The fourth-order valence-corrected chi connectivity index (χ4v) is 7.26. The monoisotopic (exact) mass is 755 g/mol. The quantitative estimate of drug-likeness (QED) is 0.150. The van der Waals surface area contributed by atoms with Crippen molar-refractivity contribution < 1.29 is 38.2 Å². The highest BCUT2D eigenvalue weighted by Crippen LogP contribution is 2.24. The Morgan fingerprint density at radius 3 is 1.69 bits per heavy atom. The molecule has 4 fully saturated rings. The highest BCUT2D eigenvalue weighted by Gasteiger charge is 2.30. The summed E-state index contributed by atoms with van der Waals surface area (Å²) in [6.45, 7) is 6.46. The number of hydrogen-bond donors (Lipinski definition) is 5. The number of nitrogens with zero attached hydrogens (tertiary/aromatic N) is 4. The van der Waals surface area contributed by atoms with Crippen molar-refractivity contribution in [3.05, 3.63) is 35.4 Å². The molecular weight excluding hydrogens is 698 g/mol. The maximum absolute atomic E-state index is 13.0. The van der Waals surface area contributed by atoms with E-state index < -0.39 is 6.09 Å². The molecule has 0 spiro atoms. The lowest BCUT2D eigenvalue weighted by atomic mass is 9.95. The first-order chi connectivity index (χ1) is 26.2. The molecule has 1 aromatic carbocycles. The summed E-state index contributed by atoms with van der Waals surface area (Å²) in [4.78, 5) is 69.5. The second-order valence-corrected chi connectivity index (χ2v) is 14.4. The van der Waals surface area contributed by atoms with Gasteiger partial charge < -0.3 is 49.8 Å². The summed E-state index contributed by atoms with van der Waals surface area (Å²) in [7, 11) is 1.23. The number of carbonyl (C=O) groups is 5. The van der Waals surface area contributed by atoms with Crippen molar-refractivity contribution in [3.8, 4) is 0 Å². The standard InChI is InChI=1S/C37H57N9O8/c1-52-35(49)42-32(38)29-10-8-28(9-11-29)26-41-34(48)44-20-24-46(25-21-44)37(51)54-31-6-2-4-30(5-3-7-31)53-36(50)45-22-18-43(19-23-45)33(47)40-17-14-27-12-15-39-16-13-27/h8-11,27,30-31,39H,2-7,12-26H2,1H3,(H,40,47)(H,41,48)(H2,38,42,49). The minimum Gasteiger partial charge on any atom is -0.453 e. The summed E-state index contributed by atoms with van der Waals surface area (Å²) in [6, 6.07) is 6.60. The molecule has 5 rings (SSSR count). The van der Waals surface area contributed by atoms with Crippen LogP contribution < -0.4 is 21.3 Å². The molecule has 0 unspecified atom stereocenters. The summed E-state index contributed by atoms with van der Waals surface area (Å²) in [5.74, 6) is 0.580. The van der Waals surface area contributed by atoms with Crippen molar-refractivity contribution in [1.29, 1.82) is 5.41 Å². The van der Waals surface area contributed by atoms with Crippen molar-refractivity contribution >= 4 is 36.2 Å². The van der Waals surface area contributed by atoms with Gasteiger partial charge in [0.2, 0.25) is 0 Å². The Hall–Kier alpha value is -4.80. The van der Waals surface area contributed by atoms with Crippen LogP contribution in [-0.4, -0.2) is 147 Å². The van der Waals surface area contributed by atoms with Crippen molar-refractivity contribution in [1.82, 2.24) is 40.9 Å². The fraction of sp³-hybridized carbons (Fsp3) is 0.676. The number of nitrogens with one attached hydrogen (secondary N) is 5. The lowest BCUT2D eigenvalue weighted by Crippen LogP contribution is -2.53. The molecule has 54 heavy (non-hydrogen) atoms. The Kier molecular flexibility index (Phi) is 15.4. The number of piperazine rings is 2. The number of alkyl carbamates (subject to hydrolysis) is 1. The van der Waals surface area contributed by atoms with Gasteiger partial charge in [-0.3, -0.25) is 10.7 Å². The normalized spacial score (nSPS) is 21.2. The predicted octanol–water partition coefficient (Wildman–Crippen LogP) is 3.28. The maximum Gasteiger partial charge on any atom is 0.412 e. The molecule has 3 aliphatic heterocycles. The molecule has 17 heteroatoms. The van der Waals surface area contributed by atoms with E-state index in [1.165, 1.54) is 7.11 Å². The van der Waals surface area contributed by atoms with E-state index in [9.17, 15) is 24.0 Å². The summed E-state index contributed by atoms with van der Waals surface area (Å²) < 4.78 is 16.3. The van der Waals surface area contributed by atoms with Gasteiger partial charge in [-0.25, -0.2) is 24.0 Å². The predicted molar refractivity (Wildman–Crippen MR) is 199 cm³/mol. The van der Waals surface area contributed by atoms with Gasteiger partial charge in [-0.1, -0.05) is 24.3 Å². The summed E-state index contributed by atoms with van der Waals surface area (Å²) in [6.07, 6.45) is 5.83. The molecule has 1 saturated carbocycles. The van der Waals surface area contributed by atoms with Crippen molar-refractivity contribution in [3.63, 3.8) is 0 Å². The molecule has 3 saturated heterocycles. The number of benzene rings is 1. The molecule has 0 atom stereocenters. The van der Waals surface area contributed by atoms with E-state index >= 15 is 0 Å². The molecule has 298 valence electrons. The number of ether oxygens (including phenoxy) is 3. The zero-order valence-corrected chi connectivity index (χ0v) is 31.4. The third-order valence-corrected chi connectivity index (χ3v) is 10.7. The minimum absolute atomic E-state index is 0.0637. The SMILES string of the molecule is COC(=O)NC(=N)c1ccc(CNC(=O)N2CCN(C(=O)OC3CCCC(OC(=O)N4CCN(C(=O)NCCC5CCNCC5)CC4)CCC3)CC2)cc1. The van der Waals surface area contributed by atoms with Crippen molar-refractivity contribution in [2.45, 2.75) is 76.5 Å². The second kappa shape index (κ2) is 20.6. The summed E-state index contributed by atoms with van der Waals surface area (Å²) in [5.41, 5.74) is 1.34. The van der Waals surface area contributed by atoms with Crippen LogP contribution in [0.25, 0.3) is 0 Å². The van der Waals surface area contributed by atoms with E-state index in [0.717, 1.165) is 50.8 Å². The Labute approximate surface area is 317 Å². The molecule has 0 aromatic heterocycles. The average molecular weight is 756 g/mol. The van der Waals surface area contributed by atoms with Crippen LogP contribution in [-0.2, 0) is 20.8 Å². The number of amides is 7. The molecule has 0 bridgehead atoms. The molecule has 3 heterocycles. The van der Waals surface area contributed by atoms with Crippen LogP contribution in [0.5, 0.6) is 0 Å². The van der Waals surface area contributed by atoms with Crippen LogP contribution in [0, 0.1) is 11.3 Å². The Balaban J connectivity index is 0.923. The molecule has 7 amide bonds. The number of urea groups is 2. The smallest absolute Gasteiger partial charge is 0.412 e. The van der Waals surface area contributed by atoms with E-state index in [2.05, 4.69) is 26.0 Å². The zero-order chi connectivity index (χ0) is 38.3. The van der Waals surface area contributed by atoms with Gasteiger partial charge in [0.1, 0.15) is 18.0 Å². The van der Waals surface area contributed by atoms with Crippen LogP contribution in [0.4, 0.5) is 24.0 Å². The van der Waals surface area contributed by atoms with Crippen LogP contribution in [0.3, 0.4) is 0 Å². The van der Waals surface area contributed by atoms with Gasteiger partial charge in [0, 0.05) is 71.0 Å². The molecular formula is C37H57N9O8. The van der Waals surface area contributed by atoms with Crippen molar-refractivity contribution in [2.24, 2.45) is 5.92 Å². The number of carbonyl (C=O) groups excluding carboxylic acids is 5. The number of amidine groups is 1. The van der Waals surface area contributed by atoms with E-state index in [0.29, 0.717) is 96.1 Å². The van der Waals surface area contributed by atoms with E-state index in [-0.39, 0.29) is 48.8 Å². The largest absolute Gasteiger partial charge is 0.453 e. The van der Waals surface area contributed by atoms with Gasteiger partial charge in [0.15, 0.2) is 0 Å². The third-order valence-electron chi connectivity index (χ3n) is 10.7. The molecule has 5 N–H and O–H groups in total. The summed E-state index contributed by atoms with van der Waals surface area (Å²) >= 11 is 0. The van der Waals surface area contributed by atoms with Gasteiger partial charge in [0.25, 0.3) is 0 Å². The third kappa shape index (κ3) is 12.4. The van der Waals surface area contributed by atoms with E-state index in [1.54, 1.807) is 43.9 Å². The first-order valence-corrected chi connectivity index (χ1v) is 19.4. The zero-order valence-electron chi connectivity index (χ0n) is 31.4. The molecule has 1 aromatic rings. The molecule has 17 nitrogen and oxygen atoms in total. The molecule has 0 radical (unpaired) electrons. The lowest BCUT2D eigenvalue weighted by Gasteiger charge is -2.36. The second-order valence-electron chi connectivity index (χ2n) is 14.4. The van der Waals surface area contributed by atoms with Crippen LogP contribution >= 0.6 is 0 Å². The first kappa shape index (κ1) is 40.4. The van der Waals surface area contributed by atoms with Crippen molar-refractivity contribution in [2.75, 3.05) is 79.1 Å². The van der Waals surface area contributed by atoms with Crippen LogP contribution in [0.1, 0.15) is 68.9 Å². The Morgan fingerprint density at radius 1 is 0.704 bits per heavy atom. The number of piperidine rings is 1. The number of rotatable bonds is 8. The first-order valence-electron chi connectivity index (χ1n) is 19.4. The lowest BCUT2D eigenvalue weighted by molar-refractivity contribution is 0.0196. The maximum atomic E-state index is 13.0. The average Bonchev–Trinajstić information content (AvgIpc) is 3.19. The molecule has 4 aliphatic rings. The van der Waals surface area contributed by atoms with Gasteiger partial charge in [-0.15, -0.1) is 0 Å². The number of methoxy groups -OCH3 is 1. The molecule has 1 aliphatic carbocycles. The Bertz CT molecular complexity index is 1410. The van der Waals surface area contributed by atoms with Crippen LogP contribution in [0.2, 0.25) is 0 Å². The van der Waals surface area contributed by atoms with Gasteiger partial charge in [-0.2, -0.15) is 0 Å². The summed E-state index contributed by atoms with van der Waals surface area (Å²) in [5, 5.41) is 19.5. The topological polar surface area (TPSA) is 198 Å². The fourth-order valence-electron chi connectivity index (χ4n) is 7.26. The Morgan fingerprint density at radius 2 is 1.19 bits per heavy atom. The highest BCUT2D eigenvalue weighted by atomic mass is 16.6. The van der Waals surface area contributed by atoms with Gasteiger partial charge in [-0.05, 0) is 82.4 Å². The van der Waals surface area contributed by atoms with E-state index in [1.807, 2.05) is 0 Å². The van der Waals surface area contributed by atoms with Crippen LogP contribution in [0.15, 0.2) is 24.3 Å².